The summed E-state index contributed by atoms with van der Waals surface area (Å²) in [6.07, 6.45) is 18.1. The van der Waals surface area contributed by atoms with Crippen molar-refractivity contribution in [3.8, 4) is 16.9 Å². The quantitative estimate of drug-likeness (QED) is 0.163. The van der Waals surface area contributed by atoms with Crippen LogP contribution in [0.5, 0.6) is 5.75 Å². The Morgan fingerprint density at radius 2 is 1.35 bits per heavy atom. The second-order valence-corrected chi connectivity index (χ2v) is 15.5. The molecule has 6 aromatic carbocycles. The minimum absolute atomic E-state index is 0.241. The van der Waals surface area contributed by atoms with Gasteiger partial charge in [-0.15, -0.1) is 0 Å². The first-order chi connectivity index (χ1) is 30.5. The third kappa shape index (κ3) is 6.98. The summed E-state index contributed by atoms with van der Waals surface area (Å²) in [4.78, 5) is 4.55. The van der Waals surface area contributed by atoms with Gasteiger partial charge >= 0.3 is 0 Å². The summed E-state index contributed by atoms with van der Waals surface area (Å²) in [6, 6.07) is 49.6. The van der Waals surface area contributed by atoms with Crippen molar-refractivity contribution in [3.63, 3.8) is 0 Å². The molecule has 0 fully saturated rings. The van der Waals surface area contributed by atoms with E-state index in [-0.39, 0.29) is 5.75 Å². The van der Waals surface area contributed by atoms with Crippen LogP contribution in [0.2, 0.25) is 0 Å². The van der Waals surface area contributed by atoms with Crippen LogP contribution in [-0.4, -0.2) is 5.11 Å². The molecule has 10 rings (SSSR count). The molecule has 0 bridgehead atoms. The molecule has 0 saturated heterocycles. The maximum absolute atomic E-state index is 10.4. The first kappa shape index (κ1) is 41.6. The molecule has 1 N–H and O–H groups in total. The van der Waals surface area contributed by atoms with E-state index in [1.807, 2.05) is 52.0 Å². The highest BCUT2D eigenvalue weighted by Gasteiger charge is 2.52. The van der Waals surface area contributed by atoms with Crippen LogP contribution in [0.4, 0.5) is 28.4 Å². The molecular formula is C59H56N2O. The molecule has 1 unspecified atom stereocenters. The van der Waals surface area contributed by atoms with Crippen molar-refractivity contribution in [2.45, 2.75) is 59.3 Å². The molecule has 6 aromatic rings. The van der Waals surface area contributed by atoms with Gasteiger partial charge in [-0.3, -0.25) is 0 Å². The summed E-state index contributed by atoms with van der Waals surface area (Å²) in [5, 5.41) is 10.4. The Hall–Kier alpha value is -7.10. The van der Waals surface area contributed by atoms with E-state index in [1.54, 1.807) is 12.1 Å². The number of hydrogen-bond donors (Lipinski definition) is 1. The van der Waals surface area contributed by atoms with Gasteiger partial charge in [0.05, 0.1) is 5.41 Å². The monoisotopic (exact) mass is 808 g/mol. The Bertz CT molecular complexity index is 2800. The number of nitrogens with zero attached hydrogens (tertiary/aromatic N) is 2. The van der Waals surface area contributed by atoms with Crippen LogP contribution in [0, 0.1) is 0 Å². The van der Waals surface area contributed by atoms with E-state index < -0.39 is 5.41 Å². The Balaban J connectivity index is 0.00000129. The van der Waals surface area contributed by atoms with Gasteiger partial charge < -0.3 is 14.9 Å². The average molecular weight is 809 g/mol. The number of benzene rings is 6. The Kier molecular flexibility index (Phi) is 12.0. The summed E-state index contributed by atoms with van der Waals surface area (Å²) < 4.78 is 0. The first-order valence-corrected chi connectivity index (χ1v) is 22.2. The van der Waals surface area contributed by atoms with E-state index in [0.29, 0.717) is 0 Å². The van der Waals surface area contributed by atoms with Gasteiger partial charge in [0.2, 0.25) is 0 Å². The summed E-state index contributed by atoms with van der Waals surface area (Å²) in [5.41, 5.74) is 20.1. The van der Waals surface area contributed by atoms with Gasteiger partial charge in [-0.2, -0.15) is 0 Å². The van der Waals surface area contributed by atoms with Gasteiger partial charge in [0.25, 0.3) is 0 Å². The Labute approximate surface area is 369 Å². The van der Waals surface area contributed by atoms with Gasteiger partial charge in [-0.25, -0.2) is 0 Å². The molecule has 3 heteroatoms. The van der Waals surface area contributed by atoms with Gasteiger partial charge in [-0.05, 0) is 166 Å². The first-order valence-electron chi connectivity index (χ1n) is 22.2. The maximum Gasteiger partial charge on any atom is 0.115 e. The van der Waals surface area contributed by atoms with E-state index >= 15 is 0 Å². The largest absolute Gasteiger partial charge is 0.508 e. The minimum atomic E-state index is -0.404. The lowest BCUT2D eigenvalue weighted by atomic mass is 9.67. The molecule has 3 aliphatic carbocycles. The fourth-order valence-corrected chi connectivity index (χ4v) is 9.85. The van der Waals surface area contributed by atoms with Gasteiger partial charge in [0, 0.05) is 34.1 Å². The third-order valence-electron chi connectivity index (χ3n) is 12.4. The lowest BCUT2D eigenvalue weighted by molar-refractivity contribution is 0.475. The van der Waals surface area contributed by atoms with E-state index in [0.717, 1.165) is 59.0 Å². The number of hydrogen-bond acceptors (Lipinski definition) is 3. The molecule has 1 heterocycles. The van der Waals surface area contributed by atoms with Crippen LogP contribution in [-0.2, 0) is 11.8 Å². The smallest absolute Gasteiger partial charge is 0.115 e. The van der Waals surface area contributed by atoms with E-state index in [2.05, 4.69) is 176 Å². The molecule has 1 atom stereocenters. The highest BCUT2D eigenvalue weighted by atomic mass is 16.3. The van der Waals surface area contributed by atoms with Crippen LogP contribution in [0.25, 0.3) is 22.3 Å². The zero-order valence-corrected chi connectivity index (χ0v) is 36.7. The topological polar surface area (TPSA) is 26.7 Å². The summed E-state index contributed by atoms with van der Waals surface area (Å²) in [7, 11) is 0. The Morgan fingerprint density at radius 3 is 2.10 bits per heavy atom. The molecule has 1 aliphatic heterocycles. The number of anilines is 5. The second kappa shape index (κ2) is 17.9. The number of rotatable bonds is 7. The van der Waals surface area contributed by atoms with Crippen molar-refractivity contribution in [3.05, 3.63) is 240 Å². The van der Waals surface area contributed by atoms with Gasteiger partial charge in [0.15, 0.2) is 0 Å². The molecule has 0 radical (unpaired) electrons. The average Bonchev–Trinajstić information content (AvgIpc) is 3.68. The fraction of sp³-hybridized carbons (Fsp3) is 0.153. The normalized spacial score (nSPS) is 16.8. The van der Waals surface area contributed by atoms with Crippen molar-refractivity contribution < 1.29 is 5.11 Å². The van der Waals surface area contributed by atoms with Crippen molar-refractivity contribution in [2.24, 2.45) is 0 Å². The molecule has 0 aromatic heterocycles. The van der Waals surface area contributed by atoms with Gasteiger partial charge in [0.1, 0.15) is 5.75 Å². The zero-order valence-electron chi connectivity index (χ0n) is 36.7. The van der Waals surface area contributed by atoms with Crippen molar-refractivity contribution in [1.29, 1.82) is 0 Å². The maximum atomic E-state index is 10.4. The zero-order chi connectivity index (χ0) is 43.4. The fourth-order valence-electron chi connectivity index (χ4n) is 9.85. The molecule has 308 valence electrons. The van der Waals surface area contributed by atoms with E-state index in [9.17, 15) is 5.11 Å². The number of fused-ring (bicyclic) bond motifs is 7. The number of allylic oxidation sites excluding steroid dienone is 11. The van der Waals surface area contributed by atoms with E-state index in [1.165, 1.54) is 55.7 Å². The van der Waals surface area contributed by atoms with Crippen LogP contribution < -0.4 is 9.80 Å². The summed E-state index contributed by atoms with van der Waals surface area (Å²) in [5.74, 6) is 0.241. The molecular weight excluding hydrogens is 753 g/mol. The lowest BCUT2D eigenvalue weighted by Gasteiger charge is -2.35. The molecule has 0 saturated carbocycles. The van der Waals surface area contributed by atoms with Crippen LogP contribution in [0.1, 0.15) is 75.3 Å². The molecule has 1 spiro atoms. The van der Waals surface area contributed by atoms with Gasteiger partial charge in [-0.1, -0.05) is 144 Å². The molecule has 3 nitrogen and oxygen atoms in total. The number of phenolic OH excluding ortho intramolecular Hbond substituents is 1. The minimum Gasteiger partial charge on any atom is -0.508 e. The molecule has 4 aliphatic rings. The van der Waals surface area contributed by atoms with Crippen LogP contribution >= 0.6 is 0 Å². The second-order valence-electron chi connectivity index (χ2n) is 15.5. The van der Waals surface area contributed by atoms with E-state index in [4.69, 9.17) is 0 Å². The highest BCUT2D eigenvalue weighted by molar-refractivity contribution is 5.98. The third-order valence-corrected chi connectivity index (χ3v) is 12.4. The molecule has 0 amide bonds. The SMILES string of the molecule is C=C/C=C\C1=C(C)c2ccccc2C12C1=C(C=CCC1)c1ccc(N(c3ccc(O)cc3)c3ccc(-c4ccc5c(c4)CC=CC(=C)N5c4ccccc4)cc3)cc12.CC.CC. The number of aromatic hydroxyl groups is 1. The highest BCUT2D eigenvalue weighted by Crippen LogP contribution is 2.63. The standard InChI is InChI=1S/C55H44N2O.2C2H6/c1-4-5-20-50-38(3)47-18-9-11-21-51(47)55(50)52-22-12-10-19-48(52)49-33-30-45(36-53(49)55)57(44-28-31-46(58)32-29-44)43-26-23-39(24-27-43)40-25-34-54-41(35-40)15-13-14-37(2)56(54)42-16-7-6-8-17-42;2*1-2/h4-11,13-14,16-21,23-36,58H,1-2,12,15,22H2,3H3;2*1-2H3/b20-5-;;. The number of para-hydroxylation sites is 1. The predicted molar refractivity (Wildman–Crippen MR) is 266 cm³/mol. The van der Waals surface area contributed by atoms with Crippen LogP contribution in [0.15, 0.2) is 212 Å². The lowest BCUT2D eigenvalue weighted by Crippen LogP contribution is -2.29. The summed E-state index contributed by atoms with van der Waals surface area (Å²) in [6.45, 7) is 18.7. The summed E-state index contributed by atoms with van der Waals surface area (Å²) >= 11 is 0. The Morgan fingerprint density at radius 1 is 0.677 bits per heavy atom. The van der Waals surface area contributed by atoms with Crippen molar-refractivity contribution in [2.75, 3.05) is 9.80 Å². The van der Waals surface area contributed by atoms with Crippen molar-refractivity contribution in [1.82, 2.24) is 0 Å². The van der Waals surface area contributed by atoms with Crippen LogP contribution in [0.3, 0.4) is 0 Å². The number of phenols is 1. The molecule has 62 heavy (non-hydrogen) atoms. The predicted octanol–water partition coefficient (Wildman–Crippen LogP) is 16.3. The van der Waals surface area contributed by atoms with Crippen molar-refractivity contribution >= 4 is 39.6 Å².